The van der Waals surface area contributed by atoms with Gasteiger partial charge in [0.1, 0.15) is 16.8 Å². The van der Waals surface area contributed by atoms with Gasteiger partial charge in [-0.2, -0.15) is 5.26 Å². The molecule has 0 atom stereocenters. The molecule has 3 amide bonds. The van der Waals surface area contributed by atoms with Gasteiger partial charge < -0.3 is 20.3 Å². The summed E-state index contributed by atoms with van der Waals surface area (Å²) in [5.41, 5.74) is 2.01. The van der Waals surface area contributed by atoms with Gasteiger partial charge in [-0.05, 0) is 42.3 Å². The van der Waals surface area contributed by atoms with Crippen LogP contribution in [0, 0.1) is 11.3 Å². The number of para-hydroxylation sites is 1. The third-order valence-electron chi connectivity index (χ3n) is 5.47. The third kappa shape index (κ3) is 6.44. The number of nitrogens with zero attached hydrogens (tertiary/aromatic N) is 2. The van der Waals surface area contributed by atoms with Gasteiger partial charge in [0.25, 0.3) is 5.91 Å². The highest BCUT2D eigenvalue weighted by molar-refractivity contribution is 8.00. The van der Waals surface area contributed by atoms with Crippen LogP contribution in [0.2, 0.25) is 0 Å². The van der Waals surface area contributed by atoms with E-state index in [0.29, 0.717) is 41.5 Å². The normalized spacial score (nSPS) is 12.3. The fourth-order valence-electron chi connectivity index (χ4n) is 3.72. The molecule has 2 N–H and O–H groups in total. The van der Waals surface area contributed by atoms with E-state index in [1.54, 1.807) is 35.2 Å². The molecule has 0 aliphatic carbocycles. The molecule has 0 saturated heterocycles. The molecule has 0 spiro atoms. The molecular formula is C26H24N4O4S2. The van der Waals surface area contributed by atoms with Crippen LogP contribution in [0.5, 0.6) is 5.75 Å². The van der Waals surface area contributed by atoms with Gasteiger partial charge >= 0.3 is 0 Å². The van der Waals surface area contributed by atoms with Gasteiger partial charge in [-0.25, -0.2) is 0 Å². The number of hydrogen-bond donors (Lipinski definition) is 2. The second-order valence-electron chi connectivity index (χ2n) is 8.02. The van der Waals surface area contributed by atoms with E-state index in [1.807, 2.05) is 24.3 Å². The molecule has 1 aliphatic rings. The number of fused-ring (bicyclic) bond motifs is 1. The molecule has 0 fully saturated rings. The van der Waals surface area contributed by atoms with Gasteiger partial charge in [0.05, 0.1) is 17.9 Å². The lowest BCUT2D eigenvalue weighted by Crippen LogP contribution is -2.33. The molecule has 4 rings (SSSR count). The van der Waals surface area contributed by atoms with Gasteiger partial charge in [-0.3, -0.25) is 14.4 Å². The van der Waals surface area contributed by atoms with Gasteiger partial charge in [0, 0.05) is 28.9 Å². The van der Waals surface area contributed by atoms with Crippen molar-refractivity contribution in [2.24, 2.45) is 0 Å². The molecule has 1 aliphatic heterocycles. The second kappa shape index (κ2) is 11.7. The Bertz CT molecular complexity index is 1320. The summed E-state index contributed by atoms with van der Waals surface area (Å²) in [6.45, 7) is 2.45. The molecule has 0 bridgehead atoms. The Hall–Kier alpha value is -3.81. The smallest absolute Gasteiger partial charge is 0.262 e. The first-order valence-corrected chi connectivity index (χ1v) is 13.0. The molecule has 0 unspecified atom stereocenters. The van der Waals surface area contributed by atoms with E-state index in [1.165, 1.54) is 30.0 Å². The van der Waals surface area contributed by atoms with Crippen molar-refractivity contribution in [3.8, 4) is 11.8 Å². The first-order chi connectivity index (χ1) is 17.4. The molecule has 8 nitrogen and oxygen atoms in total. The Morgan fingerprint density at radius 1 is 1.11 bits per heavy atom. The van der Waals surface area contributed by atoms with Crippen LogP contribution in [-0.2, 0) is 27.3 Å². The number of thioether (sulfide) groups is 1. The number of benzene rings is 2. The summed E-state index contributed by atoms with van der Waals surface area (Å²) in [6.07, 6.45) is 0.605. The summed E-state index contributed by atoms with van der Waals surface area (Å²) >= 11 is 2.68. The Morgan fingerprint density at radius 2 is 1.92 bits per heavy atom. The van der Waals surface area contributed by atoms with Crippen molar-refractivity contribution in [3.63, 3.8) is 0 Å². The summed E-state index contributed by atoms with van der Waals surface area (Å²) in [5, 5.41) is 15.8. The lowest BCUT2D eigenvalue weighted by atomic mass is 10.0. The Balaban J connectivity index is 1.30. The highest BCUT2D eigenvalue weighted by Crippen LogP contribution is 2.37. The van der Waals surface area contributed by atoms with Crippen molar-refractivity contribution in [2.75, 3.05) is 29.5 Å². The lowest BCUT2D eigenvalue weighted by Gasteiger charge is -2.25. The molecule has 36 heavy (non-hydrogen) atoms. The molecule has 0 radical (unpaired) electrons. The van der Waals surface area contributed by atoms with E-state index in [-0.39, 0.29) is 30.1 Å². The summed E-state index contributed by atoms with van der Waals surface area (Å²) in [7, 11) is 0. The third-order valence-corrected chi connectivity index (χ3v) is 7.59. The maximum absolute atomic E-state index is 12.6. The SMILES string of the molecule is CC(=O)N1CCc2c(sc(NC(=O)CSc3cccc(NC(=O)COc4ccccc4)c3)c2C#N)C1. The van der Waals surface area contributed by atoms with Crippen LogP contribution in [0.1, 0.15) is 22.9 Å². The number of nitriles is 1. The highest BCUT2D eigenvalue weighted by atomic mass is 32.2. The molecule has 184 valence electrons. The Labute approximate surface area is 217 Å². The highest BCUT2D eigenvalue weighted by Gasteiger charge is 2.26. The van der Waals surface area contributed by atoms with Crippen LogP contribution < -0.4 is 15.4 Å². The monoisotopic (exact) mass is 520 g/mol. The van der Waals surface area contributed by atoms with Gasteiger partial charge in [0.15, 0.2) is 6.61 Å². The summed E-state index contributed by atoms with van der Waals surface area (Å²) < 4.78 is 5.46. The molecule has 2 aromatic carbocycles. The van der Waals surface area contributed by atoms with E-state index in [0.717, 1.165) is 15.3 Å². The second-order valence-corrected chi connectivity index (χ2v) is 10.2. The van der Waals surface area contributed by atoms with Crippen LogP contribution in [0.3, 0.4) is 0 Å². The zero-order chi connectivity index (χ0) is 25.5. The molecule has 10 heteroatoms. The molecule has 3 aromatic rings. The average molecular weight is 521 g/mol. The van der Waals surface area contributed by atoms with E-state index >= 15 is 0 Å². The Kier molecular flexibility index (Phi) is 8.25. The van der Waals surface area contributed by atoms with Crippen molar-refractivity contribution in [1.82, 2.24) is 4.90 Å². The Morgan fingerprint density at radius 3 is 2.67 bits per heavy atom. The topological polar surface area (TPSA) is 112 Å². The summed E-state index contributed by atoms with van der Waals surface area (Å²) in [6, 6.07) is 18.5. The quantitative estimate of drug-likeness (QED) is 0.429. The number of carbonyl (C=O) groups is 3. The maximum atomic E-state index is 12.6. The molecular weight excluding hydrogens is 496 g/mol. The standard InChI is InChI=1S/C26H24N4O4S2/c1-17(31)30-11-10-21-22(13-27)26(36-23(21)14-30)29-25(33)16-35-20-9-5-6-18(12-20)28-24(32)15-34-19-7-3-2-4-8-19/h2-9,12H,10-11,14-16H2,1H3,(H,28,32)(H,29,33). The maximum Gasteiger partial charge on any atom is 0.262 e. The fraction of sp³-hybridized carbons (Fsp3) is 0.231. The van der Waals surface area contributed by atoms with Crippen molar-refractivity contribution < 1.29 is 19.1 Å². The van der Waals surface area contributed by atoms with Crippen LogP contribution >= 0.6 is 23.1 Å². The number of hydrogen-bond acceptors (Lipinski definition) is 7. The van der Waals surface area contributed by atoms with E-state index in [4.69, 9.17) is 4.74 Å². The molecule has 0 saturated carbocycles. The largest absolute Gasteiger partial charge is 0.484 e. The van der Waals surface area contributed by atoms with E-state index < -0.39 is 0 Å². The zero-order valence-electron chi connectivity index (χ0n) is 19.6. The van der Waals surface area contributed by atoms with Crippen LogP contribution in [0.4, 0.5) is 10.7 Å². The lowest BCUT2D eigenvalue weighted by molar-refractivity contribution is -0.129. The predicted octanol–water partition coefficient (Wildman–Crippen LogP) is 4.27. The number of nitrogens with one attached hydrogen (secondary N) is 2. The number of anilines is 2. The zero-order valence-corrected chi connectivity index (χ0v) is 21.2. The van der Waals surface area contributed by atoms with Gasteiger partial charge in [-0.1, -0.05) is 24.3 Å². The van der Waals surface area contributed by atoms with Crippen molar-refractivity contribution in [1.29, 1.82) is 5.26 Å². The summed E-state index contributed by atoms with van der Waals surface area (Å²) in [5.74, 6) is 0.237. The van der Waals surface area contributed by atoms with Gasteiger partial charge in [0.2, 0.25) is 11.8 Å². The molecule has 2 heterocycles. The number of amides is 3. The number of carbonyl (C=O) groups excluding carboxylic acids is 3. The predicted molar refractivity (Wildman–Crippen MR) is 140 cm³/mol. The fourth-order valence-corrected chi connectivity index (χ4v) is 5.70. The minimum Gasteiger partial charge on any atom is -0.484 e. The van der Waals surface area contributed by atoms with Crippen molar-refractivity contribution >= 4 is 51.5 Å². The summed E-state index contributed by atoms with van der Waals surface area (Å²) in [4.78, 5) is 40.0. The van der Waals surface area contributed by atoms with Crippen molar-refractivity contribution in [3.05, 3.63) is 70.6 Å². The number of thiophene rings is 1. The van der Waals surface area contributed by atoms with E-state index in [2.05, 4.69) is 16.7 Å². The van der Waals surface area contributed by atoms with Crippen LogP contribution in [-0.4, -0.2) is 41.5 Å². The molecule has 1 aromatic heterocycles. The van der Waals surface area contributed by atoms with Gasteiger partial charge in [-0.15, -0.1) is 23.1 Å². The minimum absolute atomic E-state index is 0.00307. The first kappa shape index (κ1) is 25.3. The number of rotatable bonds is 8. The van der Waals surface area contributed by atoms with E-state index in [9.17, 15) is 19.6 Å². The van der Waals surface area contributed by atoms with Crippen molar-refractivity contribution in [2.45, 2.75) is 24.8 Å². The minimum atomic E-state index is -0.284. The first-order valence-electron chi connectivity index (χ1n) is 11.2. The van der Waals surface area contributed by atoms with Crippen LogP contribution in [0.25, 0.3) is 0 Å². The van der Waals surface area contributed by atoms with Crippen LogP contribution in [0.15, 0.2) is 59.5 Å². The average Bonchev–Trinajstić information content (AvgIpc) is 3.23. The number of ether oxygens (including phenoxy) is 1.